The molecular formula is C24H26BrNO2. The quantitative estimate of drug-likeness (QED) is 0.453. The van der Waals surface area contributed by atoms with Crippen LogP contribution in [0.25, 0.3) is 0 Å². The van der Waals surface area contributed by atoms with Gasteiger partial charge in [-0.05, 0) is 58.6 Å². The van der Waals surface area contributed by atoms with E-state index in [1.807, 2.05) is 18.2 Å². The summed E-state index contributed by atoms with van der Waals surface area (Å²) in [5.74, 6) is 1.45. The smallest absolute Gasteiger partial charge is 0.175 e. The Hall–Kier alpha value is -2.30. The third kappa shape index (κ3) is 5.37. The maximum Gasteiger partial charge on any atom is 0.175 e. The topological polar surface area (TPSA) is 30.5 Å². The number of hydrogen-bond donors (Lipinski definition) is 1. The Morgan fingerprint density at radius 3 is 2.46 bits per heavy atom. The summed E-state index contributed by atoms with van der Waals surface area (Å²) in [6, 6.07) is 23.1. The molecule has 146 valence electrons. The van der Waals surface area contributed by atoms with E-state index in [4.69, 9.17) is 9.47 Å². The molecule has 1 atom stereocenters. The lowest BCUT2D eigenvalue weighted by Crippen LogP contribution is -2.18. The second kappa shape index (κ2) is 9.76. The molecule has 28 heavy (non-hydrogen) atoms. The monoisotopic (exact) mass is 439 g/mol. The molecule has 0 aromatic heterocycles. The molecule has 0 aliphatic rings. The van der Waals surface area contributed by atoms with Crippen molar-refractivity contribution in [3.8, 4) is 11.5 Å². The zero-order valence-electron chi connectivity index (χ0n) is 16.5. The molecule has 0 heterocycles. The maximum atomic E-state index is 6.06. The van der Waals surface area contributed by atoms with Crippen molar-refractivity contribution in [3.63, 3.8) is 0 Å². The number of halogens is 1. The van der Waals surface area contributed by atoms with Gasteiger partial charge in [0.2, 0.25) is 0 Å². The second-order valence-corrected chi connectivity index (χ2v) is 7.75. The Balaban J connectivity index is 1.68. The SMILES string of the molecule is COc1cc(CNC(C)c2ccccc2)cc(Br)c1OCc1cccc(C)c1. The highest BCUT2D eigenvalue weighted by atomic mass is 79.9. The predicted octanol–water partition coefficient (Wildman–Crippen LogP) is 6.20. The summed E-state index contributed by atoms with van der Waals surface area (Å²) in [7, 11) is 1.67. The zero-order chi connectivity index (χ0) is 19.9. The average molecular weight is 440 g/mol. The summed E-state index contributed by atoms with van der Waals surface area (Å²) in [5, 5.41) is 3.56. The summed E-state index contributed by atoms with van der Waals surface area (Å²) >= 11 is 3.65. The standard InChI is InChI=1S/C24H26BrNO2/c1-17-8-7-9-19(12-17)16-28-24-22(25)13-20(14-23(24)27-3)15-26-18(2)21-10-5-4-6-11-21/h4-14,18,26H,15-16H2,1-3H3. The van der Waals surface area contributed by atoms with Crippen LogP contribution in [0.3, 0.4) is 0 Å². The number of benzene rings is 3. The van der Waals surface area contributed by atoms with Crippen LogP contribution in [0.15, 0.2) is 71.2 Å². The van der Waals surface area contributed by atoms with Crippen LogP contribution >= 0.6 is 15.9 Å². The molecular weight excluding hydrogens is 414 g/mol. The van der Waals surface area contributed by atoms with E-state index in [-0.39, 0.29) is 6.04 Å². The van der Waals surface area contributed by atoms with Gasteiger partial charge in [0.1, 0.15) is 6.61 Å². The van der Waals surface area contributed by atoms with Crippen molar-refractivity contribution in [2.75, 3.05) is 7.11 Å². The van der Waals surface area contributed by atoms with E-state index in [0.717, 1.165) is 33.6 Å². The fourth-order valence-electron chi connectivity index (χ4n) is 3.10. The third-order valence-electron chi connectivity index (χ3n) is 4.67. The fraction of sp³-hybridized carbons (Fsp3) is 0.250. The van der Waals surface area contributed by atoms with Gasteiger partial charge in [0.05, 0.1) is 11.6 Å². The molecule has 1 N–H and O–H groups in total. The normalized spacial score (nSPS) is 11.9. The number of aryl methyl sites for hydroxylation is 1. The minimum absolute atomic E-state index is 0.267. The van der Waals surface area contributed by atoms with Crippen molar-refractivity contribution in [1.29, 1.82) is 0 Å². The third-order valence-corrected chi connectivity index (χ3v) is 5.26. The molecule has 0 spiro atoms. The Labute approximate surface area is 175 Å². The van der Waals surface area contributed by atoms with Crippen LogP contribution in [-0.2, 0) is 13.2 Å². The van der Waals surface area contributed by atoms with Gasteiger partial charge >= 0.3 is 0 Å². The van der Waals surface area contributed by atoms with E-state index in [9.17, 15) is 0 Å². The highest BCUT2D eigenvalue weighted by molar-refractivity contribution is 9.10. The first-order valence-electron chi connectivity index (χ1n) is 9.40. The fourth-order valence-corrected chi connectivity index (χ4v) is 3.71. The van der Waals surface area contributed by atoms with Gasteiger partial charge in [-0.15, -0.1) is 0 Å². The first-order chi connectivity index (χ1) is 13.6. The van der Waals surface area contributed by atoms with Gasteiger partial charge < -0.3 is 14.8 Å². The molecule has 0 aliphatic heterocycles. The highest BCUT2D eigenvalue weighted by Gasteiger charge is 2.13. The molecule has 3 aromatic rings. The number of hydrogen-bond acceptors (Lipinski definition) is 3. The minimum Gasteiger partial charge on any atom is -0.493 e. The van der Waals surface area contributed by atoms with Gasteiger partial charge in [0, 0.05) is 12.6 Å². The van der Waals surface area contributed by atoms with Crippen molar-refractivity contribution in [1.82, 2.24) is 5.32 Å². The minimum atomic E-state index is 0.267. The summed E-state index contributed by atoms with van der Waals surface area (Å²) in [4.78, 5) is 0. The molecule has 0 saturated carbocycles. The Kier molecular flexibility index (Phi) is 7.12. The number of methoxy groups -OCH3 is 1. The number of rotatable bonds is 8. The molecule has 1 unspecified atom stereocenters. The molecule has 4 heteroatoms. The molecule has 0 radical (unpaired) electrons. The van der Waals surface area contributed by atoms with E-state index in [1.165, 1.54) is 11.1 Å². The molecule has 3 nitrogen and oxygen atoms in total. The highest BCUT2D eigenvalue weighted by Crippen LogP contribution is 2.37. The molecule has 0 fully saturated rings. The lowest BCUT2D eigenvalue weighted by atomic mass is 10.1. The second-order valence-electron chi connectivity index (χ2n) is 6.90. The van der Waals surface area contributed by atoms with Crippen molar-refractivity contribution < 1.29 is 9.47 Å². The van der Waals surface area contributed by atoms with Crippen LogP contribution in [0, 0.1) is 6.92 Å². The molecule has 0 amide bonds. The van der Waals surface area contributed by atoms with Crippen LogP contribution in [0.5, 0.6) is 11.5 Å². The number of nitrogens with one attached hydrogen (secondary N) is 1. The average Bonchev–Trinajstić information content (AvgIpc) is 2.71. The van der Waals surface area contributed by atoms with Crippen LogP contribution in [0.1, 0.15) is 35.2 Å². The molecule has 0 bridgehead atoms. The summed E-state index contributed by atoms with van der Waals surface area (Å²) in [6.07, 6.45) is 0. The van der Waals surface area contributed by atoms with Crippen molar-refractivity contribution in [2.45, 2.75) is 33.0 Å². The zero-order valence-corrected chi connectivity index (χ0v) is 18.1. The van der Waals surface area contributed by atoms with Crippen LogP contribution in [0.2, 0.25) is 0 Å². The number of ether oxygens (including phenoxy) is 2. The van der Waals surface area contributed by atoms with Crippen LogP contribution in [-0.4, -0.2) is 7.11 Å². The Morgan fingerprint density at radius 1 is 0.964 bits per heavy atom. The van der Waals surface area contributed by atoms with E-state index >= 15 is 0 Å². The predicted molar refractivity (Wildman–Crippen MR) is 118 cm³/mol. The largest absolute Gasteiger partial charge is 0.493 e. The van der Waals surface area contributed by atoms with Crippen molar-refractivity contribution in [3.05, 3.63) is 93.5 Å². The van der Waals surface area contributed by atoms with Crippen LogP contribution < -0.4 is 14.8 Å². The van der Waals surface area contributed by atoms with Gasteiger partial charge in [-0.2, -0.15) is 0 Å². The van der Waals surface area contributed by atoms with Gasteiger partial charge in [-0.3, -0.25) is 0 Å². The first kappa shape index (κ1) is 20.4. The molecule has 3 rings (SSSR count). The van der Waals surface area contributed by atoms with E-state index in [1.54, 1.807) is 7.11 Å². The van der Waals surface area contributed by atoms with Gasteiger partial charge in [-0.25, -0.2) is 0 Å². The first-order valence-corrected chi connectivity index (χ1v) is 10.2. The summed E-state index contributed by atoms with van der Waals surface area (Å²) in [5.41, 5.74) is 4.76. The van der Waals surface area contributed by atoms with Gasteiger partial charge in [-0.1, -0.05) is 60.2 Å². The lowest BCUT2D eigenvalue weighted by molar-refractivity contribution is 0.282. The molecule has 0 saturated heterocycles. The lowest BCUT2D eigenvalue weighted by Gasteiger charge is -2.17. The Bertz CT molecular complexity index is 912. The molecule has 3 aromatic carbocycles. The van der Waals surface area contributed by atoms with Crippen LogP contribution in [0.4, 0.5) is 0 Å². The molecule has 0 aliphatic carbocycles. The van der Waals surface area contributed by atoms with Crippen molar-refractivity contribution in [2.24, 2.45) is 0 Å². The summed E-state index contributed by atoms with van der Waals surface area (Å²) < 4.78 is 12.5. The van der Waals surface area contributed by atoms with E-state index in [0.29, 0.717) is 6.61 Å². The maximum absolute atomic E-state index is 6.06. The van der Waals surface area contributed by atoms with Gasteiger partial charge in [0.15, 0.2) is 11.5 Å². The Morgan fingerprint density at radius 2 is 1.75 bits per heavy atom. The van der Waals surface area contributed by atoms with Crippen molar-refractivity contribution >= 4 is 15.9 Å². The van der Waals surface area contributed by atoms with E-state index < -0.39 is 0 Å². The van der Waals surface area contributed by atoms with E-state index in [2.05, 4.69) is 83.6 Å². The van der Waals surface area contributed by atoms with Gasteiger partial charge in [0.25, 0.3) is 0 Å². The summed E-state index contributed by atoms with van der Waals surface area (Å²) in [6.45, 7) is 5.49.